The number of rotatable bonds is 8. The van der Waals surface area contributed by atoms with Gasteiger partial charge in [-0.05, 0) is 37.6 Å². The van der Waals surface area contributed by atoms with Crippen molar-refractivity contribution in [3.05, 3.63) is 41.9 Å². The standard InChI is InChI=1S/C18H22N2O3/c1-3-5-6-7-17-19-11-10-15(20-17)13-8-9-16(23-4-2)14(12-13)18(21)22/h8-12H,3-7H2,1-2H3,(H,21,22). The van der Waals surface area contributed by atoms with E-state index in [0.29, 0.717) is 12.4 Å². The van der Waals surface area contributed by atoms with Gasteiger partial charge < -0.3 is 9.84 Å². The fourth-order valence-corrected chi connectivity index (χ4v) is 2.35. The smallest absolute Gasteiger partial charge is 0.339 e. The highest BCUT2D eigenvalue weighted by atomic mass is 16.5. The van der Waals surface area contributed by atoms with Crippen molar-refractivity contribution in [3.8, 4) is 17.0 Å². The average Bonchev–Trinajstić information content (AvgIpc) is 2.56. The van der Waals surface area contributed by atoms with Crippen LogP contribution in [-0.2, 0) is 6.42 Å². The number of carbonyl (C=O) groups is 1. The van der Waals surface area contributed by atoms with Crippen LogP contribution in [0.4, 0.5) is 0 Å². The molecule has 0 bridgehead atoms. The number of benzene rings is 1. The maximum Gasteiger partial charge on any atom is 0.339 e. The molecule has 0 aliphatic heterocycles. The monoisotopic (exact) mass is 314 g/mol. The number of aryl methyl sites for hydroxylation is 1. The Balaban J connectivity index is 2.29. The van der Waals surface area contributed by atoms with Crippen LogP contribution in [0.15, 0.2) is 30.5 Å². The highest BCUT2D eigenvalue weighted by Crippen LogP contribution is 2.26. The van der Waals surface area contributed by atoms with Crippen molar-refractivity contribution < 1.29 is 14.6 Å². The van der Waals surface area contributed by atoms with Crippen molar-refractivity contribution in [1.29, 1.82) is 0 Å². The first-order valence-electron chi connectivity index (χ1n) is 7.98. The van der Waals surface area contributed by atoms with Crippen LogP contribution in [-0.4, -0.2) is 27.7 Å². The van der Waals surface area contributed by atoms with Crippen molar-refractivity contribution in [1.82, 2.24) is 9.97 Å². The van der Waals surface area contributed by atoms with Crippen molar-refractivity contribution >= 4 is 5.97 Å². The van der Waals surface area contributed by atoms with Gasteiger partial charge in [0.2, 0.25) is 0 Å². The fraction of sp³-hybridized carbons (Fsp3) is 0.389. The van der Waals surface area contributed by atoms with E-state index in [0.717, 1.165) is 42.8 Å². The molecule has 0 aliphatic rings. The van der Waals surface area contributed by atoms with Gasteiger partial charge in [-0.2, -0.15) is 0 Å². The summed E-state index contributed by atoms with van der Waals surface area (Å²) in [5.41, 5.74) is 1.64. The number of hydrogen-bond acceptors (Lipinski definition) is 4. The highest BCUT2D eigenvalue weighted by molar-refractivity contribution is 5.92. The van der Waals surface area contributed by atoms with Crippen LogP contribution in [0.1, 0.15) is 49.3 Å². The summed E-state index contributed by atoms with van der Waals surface area (Å²) in [6.45, 7) is 4.41. The van der Waals surface area contributed by atoms with Gasteiger partial charge in [-0.15, -0.1) is 0 Å². The van der Waals surface area contributed by atoms with Crippen LogP contribution in [0.5, 0.6) is 5.75 Å². The lowest BCUT2D eigenvalue weighted by Gasteiger charge is -2.09. The quantitative estimate of drug-likeness (QED) is 0.746. The summed E-state index contributed by atoms with van der Waals surface area (Å²) >= 11 is 0. The third-order valence-electron chi connectivity index (χ3n) is 3.51. The summed E-state index contributed by atoms with van der Waals surface area (Å²) in [4.78, 5) is 20.2. The van der Waals surface area contributed by atoms with Gasteiger partial charge >= 0.3 is 5.97 Å². The molecule has 2 rings (SSSR count). The van der Waals surface area contributed by atoms with Gasteiger partial charge in [0.05, 0.1) is 12.3 Å². The van der Waals surface area contributed by atoms with E-state index in [1.165, 1.54) is 0 Å². The lowest BCUT2D eigenvalue weighted by atomic mass is 10.1. The zero-order chi connectivity index (χ0) is 16.7. The SMILES string of the molecule is CCCCCc1nccc(-c2ccc(OCC)c(C(=O)O)c2)n1. The summed E-state index contributed by atoms with van der Waals surface area (Å²) in [5.74, 6) is 0.162. The average molecular weight is 314 g/mol. The second kappa shape index (κ2) is 8.27. The maximum atomic E-state index is 11.4. The van der Waals surface area contributed by atoms with Gasteiger partial charge in [0, 0.05) is 18.2 Å². The normalized spacial score (nSPS) is 10.5. The summed E-state index contributed by atoms with van der Waals surface area (Å²) in [6.07, 6.45) is 5.93. The molecule has 0 fully saturated rings. The Labute approximate surface area is 136 Å². The van der Waals surface area contributed by atoms with Gasteiger partial charge in [0.15, 0.2) is 0 Å². The van der Waals surface area contributed by atoms with Crippen LogP contribution in [0.3, 0.4) is 0 Å². The lowest BCUT2D eigenvalue weighted by molar-refractivity contribution is 0.0692. The predicted octanol–water partition coefficient (Wildman–Crippen LogP) is 3.97. The maximum absolute atomic E-state index is 11.4. The molecule has 5 heteroatoms. The van der Waals surface area contributed by atoms with Crippen molar-refractivity contribution in [2.24, 2.45) is 0 Å². The Morgan fingerprint density at radius 1 is 1.22 bits per heavy atom. The third-order valence-corrected chi connectivity index (χ3v) is 3.51. The molecule has 0 saturated heterocycles. The molecule has 0 spiro atoms. The number of carboxylic acids is 1. The Kier molecular flexibility index (Phi) is 6.09. The number of unbranched alkanes of at least 4 members (excludes halogenated alkanes) is 2. The molecule has 0 radical (unpaired) electrons. The van der Waals surface area contributed by atoms with Crippen LogP contribution >= 0.6 is 0 Å². The second-order valence-corrected chi connectivity index (χ2v) is 5.26. The van der Waals surface area contributed by atoms with Crippen molar-refractivity contribution in [2.75, 3.05) is 6.61 Å². The Bertz CT molecular complexity index is 671. The molecule has 122 valence electrons. The minimum Gasteiger partial charge on any atom is -0.493 e. The van der Waals surface area contributed by atoms with Crippen LogP contribution < -0.4 is 4.74 Å². The van der Waals surface area contributed by atoms with Gasteiger partial charge in [0.1, 0.15) is 17.1 Å². The number of carboxylic acid groups (broad SMARTS) is 1. The third kappa shape index (κ3) is 4.52. The summed E-state index contributed by atoms with van der Waals surface area (Å²) < 4.78 is 5.36. The molecular weight excluding hydrogens is 292 g/mol. The Morgan fingerprint density at radius 2 is 2.04 bits per heavy atom. The molecule has 1 aromatic carbocycles. The number of aromatic carboxylic acids is 1. The van der Waals surface area contributed by atoms with E-state index < -0.39 is 5.97 Å². The zero-order valence-electron chi connectivity index (χ0n) is 13.6. The van der Waals surface area contributed by atoms with Crippen LogP contribution in [0, 0.1) is 0 Å². The van der Waals surface area contributed by atoms with Crippen LogP contribution in [0.25, 0.3) is 11.3 Å². The second-order valence-electron chi connectivity index (χ2n) is 5.26. The van der Waals surface area contributed by atoms with E-state index in [9.17, 15) is 9.90 Å². The van der Waals surface area contributed by atoms with E-state index in [1.807, 2.05) is 13.0 Å². The van der Waals surface area contributed by atoms with Gasteiger partial charge in [-0.1, -0.05) is 19.8 Å². The number of hydrogen-bond donors (Lipinski definition) is 1. The number of ether oxygens (including phenoxy) is 1. The van der Waals surface area contributed by atoms with E-state index in [2.05, 4.69) is 16.9 Å². The first-order chi connectivity index (χ1) is 11.2. The first-order valence-corrected chi connectivity index (χ1v) is 7.98. The molecule has 5 nitrogen and oxygen atoms in total. The Morgan fingerprint density at radius 3 is 2.74 bits per heavy atom. The zero-order valence-corrected chi connectivity index (χ0v) is 13.6. The molecule has 1 aromatic heterocycles. The fourth-order valence-electron chi connectivity index (χ4n) is 2.35. The van der Waals surface area contributed by atoms with Gasteiger partial charge in [0.25, 0.3) is 0 Å². The summed E-state index contributed by atoms with van der Waals surface area (Å²) in [5, 5.41) is 9.35. The molecule has 23 heavy (non-hydrogen) atoms. The van der Waals surface area contributed by atoms with Crippen molar-refractivity contribution in [2.45, 2.75) is 39.5 Å². The van der Waals surface area contributed by atoms with E-state index in [4.69, 9.17) is 4.74 Å². The molecule has 0 unspecified atom stereocenters. The minimum absolute atomic E-state index is 0.149. The predicted molar refractivity (Wildman–Crippen MR) is 88.8 cm³/mol. The van der Waals surface area contributed by atoms with Gasteiger partial charge in [-0.25, -0.2) is 14.8 Å². The van der Waals surface area contributed by atoms with E-state index >= 15 is 0 Å². The molecule has 0 atom stereocenters. The summed E-state index contributed by atoms with van der Waals surface area (Å²) in [7, 11) is 0. The molecule has 2 aromatic rings. The summed E-state index contributed by atoms with van der Waals surface area (Å²) in [6, 6.07) is 6.91. The van der Waals surface area contributed by atoms with Crippen molar-refractivity contribution in [3.63, 3.8) is 0 Å². The first kappa shape index (κ1) is 16.9. The van der Waals surface area contributed by atoms with Gasteiger partial charge in [-0.3, -0.25) is 0 Å². The number of nitrogens with zero attached hydrogens (tertiary/aromatic N) is 2. The largest absolute Gasteiger partial charge is 0.493 e. The molecular formula is C18H22N2O3. The molecule has 1 heterocycles. The lowest BCUT2D eigenvalue weighted by Crippen LogP contribution is -2.03. The molecule has 0 aliphatic carbocycles. The van der Waals surface area contributed by atoms with E-state index in [-0.39, 0.29) is 5.56 Å². The van der Waals surface area contributed by atoms with Crippen LogP contribution in [0.2, 0.25) is 0 Å². The molecule has 0 amide bonds. The minimum atomic E-state index is -1.01. The van der Waals surface area contributed by atoms with E-state index in [1.54, 1.807) is 24.4 Å². The topological polar surface area (TPSA) is 72.3 Å². The number of aromatic nitrogens is 2. The Hall–Kier alpha value is -2.43. The highest BCUT2D eigenvalue weighted by Gasteiger charge is 2.13. The molecule has 1 N–H and O–H groups in total. The molecule has 0 saturated carbocycles.